The number of carbonyl (C=O) groups excluding carboxylic acids is 1. The lowest BCUT2D eigenvalue weighted by Crippen LogP contribution is -2.60. The summed E-state index contributed by atoms with van der Waals surface area (Å²) < 4.78 is 9.69. The number of phenols is 2. The van der Waals surface area contributed by atoms with Gasteiger partial charge in [-0.05, 0) is 24.1 Å². The quantitative estimate of drug-likeness (QED) is 0.299. The highest BCUT2D eigenvalue weighted by molar-refractivity contribution is 5.67. The molecular weight excluding hydrogens is 338 g/mol. The van der Waals surface area contributed by atoms with E-state index >= 15 is 0 Å². The van der Waals surface area contributed by atoms with E-state index in [4.69, 9.17) is 14.6 Å². The summed E-state index contributed by atoms with van der Waals surface area (Å²) in [7, 11) is 0. The first-order chi connectivity index (χ1) is 11.8. The van der Waals surface area contributed by atoms with Crippen molar-refractivity contribution in [3.05, 3.63) is 23.8 Å². The highest BCUT2D eigenvalue weighted by atomic mass is 16.7. The average molecular weight is 359 g/mol. The van der Waals surface area contributed by atoms with Gasteiger partial charge in [0, 0.05) is 6.54 Å². The van der Waals surface area contributed by atoms with Crippen LogP contribution in [0, 0.1) is 0 Å². The number of aliphatic hydroxyl groups excluding tert-OH is 4. The number of hydrogen-bond acceptors (Lipinski definition) is 9. The van der Waals surface area contributed by atoms with Gasteiger partial charge in [-0.3, -0.25) is 0 Å². The van der Waals surface area contributed by atoms with Crippen molar-refractivity contribution < 1.29 is 44.9 Å². The first kappa shape index (κ1) is 19.2. The van der Waals surface area contributed by atoms with Crippen LogP contribution < -0.4 is 5.32 Å². The number of aliphatic hydroxyl groups is 4. The van der Waals surface area contributed by atoms with Crippen LogP contribution in [0.15, 0.2) is 18.2 Å². The van der Waals surface area contributed by atoms with Crippen LogP contribution in [0.3, 0.4) is 0 Å². The van der Waals surface area contributed by atoms with Crippen molar-refractivity contribution in [2.24, 2.45) is 0 Å². The summed E-state index contributed by atoms with van der Waals surface area (Å²) in [5, 5.41) is 59.2. The Kier molecular flexibility index (Phi) is 6.39. The predicted octanol–water partition coefficient (Wildman–Crippen LogP) is -1.83. The van der Waals surface area contributed by atoms with Crippen molar-refractivity contribution in [3.8, 4) is 11.5 Å². The third-order valence-corrected chi connectivity index (χ3v) is 3.81. The summed E-state index contributed by atoms with van der Waals surface area (Å²) >= 11 is 0. The molecule has 0 spiro atoms. The average Bonchev–Trinajstić information content (AvgIpc) is 2.58. The van der Waals surface area contributed by atoms with Gasteiger partial charge in [0.2, 0.25) is 0 Å². The van der Waals surface area contributed by atoms with Gasteiger partial charge in [-0.15, -0.1) is 0 Å². The van der Waals surface area contributed by atoms with Gasteiger partial charge in [0.25, 0.3) is 0 Å². The van der Waals surface area contributed by atoms with E-state index in [1.165, 1.54) is 12.1 Å². The van der Waals surface area contributed by atoms with Crippen molar-refractivity contribution in [1.82, 2.24) is 5.32 Å². The molecule has 1 aromatic carbocycles. The van der Waals surface area contributed by atoms with Gasteiger partial charge < -0.3 is 45.4 Å². The number of phenolic OH excluding ortho intramolecular Hbond substituents is 2. The maximum absolute atomic E-state index is 11.8. The zero-order chi connectivity index (χ0) is 18.6. The van der Waals surface area contributed by atoms with Crippen LogP contribution in [0.1, 0.15) is 5.56 Å². The van der Waals surface area contributed by atoms with Crippen LogP contribution in [-0.2, 0) is 15.9 Å². The molecule has 0 bridgehead atoms. The summed E-state index contributed by atoms with van der Waals surface area (Å²) in [6, 6.07) is 4.22. The van der Waals surface area contributed by atoms with E-state index in [0.29, 0.717) is 12.0 Å². The molecule has 1 aliphatic heterocycles. The topological polar surface area (TPSA) is 169 Å². The number of ether oxygens (including phenoxy) is 2. The zero-order valence-corrected chi connectivity index (χ0v) is 13.1. The molecular formula is C15H21NO9. The van der Waals surface area contributed by atoms with E-state index < -0.39 is 43.4 Å². The van der Waals surface area contributed by atoms with Gasteiger partial charge >= 0.3 is 6.09 Å². The Balaban J connectivity index is 1.85. The molecule has 1 amide bonds. The number of nitrogens with one attached hydrogen (secondary N) is 1. The maximum Gasteiger partial charge on any atom is 0.407 e. The molecule has 140 valence electrons. The van der Waals surface area contributed by atoms with E-state index in [-0.39, 0.29) is 18.0 Å². The largest absolute Gasteiger partial charge is 0.504 e. The first-order valence-corrected chi connectivity index (χ1v) is 7.59. The van der Waals surface area contributed by atoms with Gasteiger partial charge in [-0.25, -0.2) is 4.79 Å². The minimum atomic E-state index is -1.71. The van der Waals surface area contributed by atoms with Crippen molar-refractivity contribution in [1.29, 1.82) is 0 Å². The Morgan fingerprint density at radius 2 is 1.88 bits per heavy atom. The van der Waals surface area contributed by atoms with Crippen LogP contribution in [0.4, 0.5) is 4.79 Å². The summed E-state index contributed by atoms with van der Waals surface area (Å²) in [6.07, 6.45) is -8.19. The van der Waals surface area contributed by atoms with Crippen LogP contribution in [0.5, 0.6) is 11.5 Å². The highest BCUT2D eigenvalue weighted by Crippen LogP contribution is 2.25. The summed E-state index contributed by atoms with van der Waals surface area (Å²) in [6.45, 7) is -0.513. The smallest absolute Gasteiger partial charge is 0.407 e. The summed E-state index contributed by atoms with van der Waals surface area (Å²) in [5.41, 5.74) is 0.650. The van der Waals surface area contributed by atoms with Crippen LogP contribution in [0.2, 0.25) is 0 Å². The fraction of sp³-hybridized carbons (Fsp3) is 0.533. The third-order valence-electron chi connectivity index (χ3n) is 3.81. The van der Waals surface area contributed by atoms with Crippen LogP contribution >= 0.6 is 0 Å². The molecule has 0 aliphatic carbocycles. The number of carbonyl (C=O) groups is 1. The predicted molar refractivity (Wildman–Crippen MR) is 81.7 cm³/mol. The number of amides is 1. The molecule has 10 nitrogen and oxygen atoms in total. The molecule has 2 rings (SSSR count). The molecule has 0 aromatic heterocycles. The Labute approximate surface area is 142 Å². The fourth-order valence-corrected chi connectivity index (χ4v) is 2.41. The second-order valence-electron chi connectivity index (χ2n) is 5.60. The SMILES string of the molecule is O=C(NCCc1ccc(O)c(O)c1)O[C@H]1[C@H](O)[C@@H](CO)OC(O)[C@@H]1O. The number of rotatable bonds is 5. The third kappa shape index (κ3) is 4.71. The lowest BCUT2D eigenvalue weighted by atomic mass is 9.99. The molecule has 10 heteroatoms. The monoisotopic (exact) mass is 359 g/mol. The first-order valence-electron chi connectivity index (χ1n) is 7.59. The summed E-state index contributed by atoms with van der Waals surface area (Å²) in [4.78, 5) is 11.8. The molecule has 7 N–H and O–H groups in total. The number of benzene rings is 1. The standard InChI is InChI=1S/C15H21NO9/c17-6-10-11(20)13(12(21)14(22)24-10)25-15(23)16-4-3-7-1-2-8(18)9(19)5-7/h1-2,5,10-14,17-22H,3-4,6H2,(H,16,23)/t10-,11-,12-,13+,14?/m1/s1. The number of alkyl carbamates (subject to hydrolysis) is 1. The fourth-order valence-electron chi connectivity index (χ4n) is 2.41. The zero-order valence-electron chi connectivity index (χ0n) is 13.1. The Morgan fingerprint density at radius 1 is 1.16 bits per heavy atom. The van der Waals surface area contributed by atoms with Crippen molar-refractivity contribution in [2.45, 2.75) is 37.1 Å². The molecule has 0 saturated carbocycles. The Morgan fingerprint density at radius 3 is 2.52 bits per heavy atom. The molecule has 1 aliphatic rings. The lowest BCUT2D eigenvalue weighted by molar-refractivity contribution is -0.285. The molecule has 1 fully saturated rings. The van der Waals surface area contributed by atoms with Crippen molar-refractivity contribution in [2.75, 3.05) is 13.2 Å². The molecule has 25 heavy (non-hydrogen) atoms. The van der Waals surface area contributed by atoms with Crippen molar-refractivity contribution >= 4 is 6.09 Å². The van der Waals surface area contributed by atoms with Gasteiger partial charge in [0.15, 0.2) is 23.9 Å². The minimum absolute atomic E-state index is 0.116. The second kappa shape index (κ2) is 8.32. The Bertz CT molecular complexity index is 596. The van der Waals surface area contributed by atoms with E-state index in [9.17, 15) is 30.3 Å². The van der Waals surface area contributed by atoms with Gasteiger partial charge in [0.1, 0.15) is 18.3 Å². The number of aromatic hydroxyl groups is 2. The lowest BCUT2D eigenvalue weighted by Gasteiger charge is -2.39. The minimum Gasteiger partial charge on any atom is -0.504 e. The van der Waals surface area contributed by atoms with Gasteiger partial charge in [0.05, 0.1) is 6.61 Å². The molecule has 1 unspecified atom stereocenters. The van der Waals surface area contributed by atoms with E-state index in [0.717, 1.165) is 0 Å². The molecule has 1 saturated heterocycles. The van der Waals surface area contributed by atoms with Crippen LogP contribution in [0.25, 0.3) is 0 Å². The normalized spacial score (nSPS) is 29.2. The van der Waals surface area contributed by atoms with Gasteiger partial charge in [-0.2, -0.15) is 0 Å². The van der Waals surface area contributed by atoms with E-state index in [1.54, 1.807) is 6.07 Å². The maximum atomic E-state index is 11.8. The van der Waals surface area contributed by atoms with Crippen LogP contribution in [-0.4, -0.2) is 80.6 Å². The molecule has 1 heterocycles. The molecule has 0 radical (unpaired) electrons. The highest BCUT2D eigenvalue weighted by Gasteiger charge is 2.46. The van der Waals surface area contributed by atoms with Crippen molar-refractivity contribution in [3.63, 3.8) is 0 Å². The Hall–Kier alpha value is -2.11. The molecule has 1 aromatic rings. The van der Waals surface area contributed by atoms with E-state index in [2.05, 4.69) is 5.32 Å². The summed E-state index contributed by atoms with van der Waals surface area (Å²) in [5.74, 6) is -0.534. The number of hydrogen-bond donors (Lipinski definition) is 7. The van der Waals surface area contributed by atoms with Gasteiger partial charge in [-0.1, -0.05) is 6.07 Å². The van der Waals surface area contributed by atoms with E-state index in [1.807, 2.05) is 0 Å². The second-order valence-corrected chi connectivity index (χ2v) is 5.60. The molecule has 5 atom stereocenters.